The van der Waals surface area contributed by atoms with Crippen molar-refractivity contribution in [1.82, 2.24) is 9.88 Å². The van der Waals surface area contributed by atoms with Crippen LogP contribution in [0.4, 0.5) is 0 Å². The van der Waals surface area contributed by atoms with Crippen molar-refractivity contribution in [2.45, 2.75) is 51.8 Å². The van der Waals surface area contributed by atoms with Gasteiger partial charge in [-0.05, 0) is 33.2 Å². The maximum Gasteiger partial charge on any atom is 0.107 e. The van der Waals surface area contributed by atoms with Crippen LogP contribution in [0.5, 0.6) is 0 Å². The number of aliphatic hydroxyl groups is 1. The highest BCUT2D eigenvalue weighted by Crippen LogP contribution is 2.23. The number of piperidine rings is 1. The predicted octanol–water partition coefficient (Wildman–Crippen LogP) is 2.19. The van der Waals surface area contributed by atoms with E-state index < -0.39 is 0 Å². The molecule has 0 radical (unpaired) electrons. The van der Waals surface area contributed by atoms with Gasteiger partial charge in [-0.25, -0.2) is 4.98 Å². The first-order valence-electron chi connectivity index (χ1n) is 6.00. The van der Waals surface area contributed by atoms with Gasteiger partial charge in [-0.15, -0.1) is 11.3 Å². The van der Waals surface area contributed by atoms with Gasteiger partial charge in [0.25, 0.3) is 0 Å². The SMILES string of the molecule is Cc1csc(CN2CCCCC2C(C)O)n1. The Morgan fingerprint density at radius 1 is 1.62 bits per heavy atom. The van der Waals surface area contributed by atoms with Crippen LogP contribution >= 0.6 is 11.3 Å². The lowest BCUT2D eigenvalue weighted by Crippen LogP contribution is -2.45. The number of thiazole rings is 1. The summed E-state index contributed by atoms with van der Waals surface area (Å²) in [5, 5.41) is 13.0. The van der Waals surface area contributed by atoms with E-state index in [0.29, 0.717) is 6.04 Å². The molecule has 2 atom stereocenters. The first-order chi connectivity index (χ1) is 7.66. The Hall–Kier alpha value is -0.450. The van der Waals surface area contributed by atoms with Crippen molar-refractivity contribution in [3.05, 3.63) is 16.1 Å². The van der Waals surface area contributed by atoms with Crippen molar-refractivity contribution in [2.24, 2.45) is 0 Å². The van der Waals surface area contributed by atoms with Gasteiger partial charge >= 0.3 is 0 Å². The molecule has 2 unspecified atom stereocenters. The lowest BCUT2D eigenvalue weighted by atomic mass is 9.98. The molecule has 2 heterocycles. The average Bonchev–Trinajstić information content (AvgIpc) is 2.64. The summed E-state index contributed by atoms with van der Waals surface area (Å²) in [6.45, 7) is 5.92. The predicted molar refractivity (Wildman–Crippen MR) is 66.6 cm³/mol. The number of aryl methyl sites for hydroxylation is 1. The second kappa shape index (κ2) is 5.25. The van der Waals surface area contributed by atoms with Gasteiger partial charge in [0, 0.05) is 17.1 Å². The van der Waals surface area contributed by atoms with Gasteiger partial charge in [0.1, 0.15) is 5.01 Å². The quantitative estimate of drug-likeness (QED) is 0.880. The smallest absolute Gasteiger partial charge is 0.107 e. The molecule has 1 fully saturated rings. The highest BCUT2D eigenvalue weighted by molar-refractivity contribution is 7.09. The van der Waals surface area contributed by atoms with Crippen molar-refractivity contribution in [2.75, 3.05) is 6.54 Å². The number of likely N-dealkylation sites (tertiary alicyclic amines) is 1. The van der Waals surface area contributed by atoms with Crippen LogP contribution in [0.1, 0.15) is 36.9 Å². The van der Waals surface area contributed by atoms with Crippen LogP contribution < -0.4 is 0 Å². The molecular weight excluding hydrogens is 220 g/mol. The normalized spacial score (nSPS) is 24.6. The molecule has 1 aliphatic rings. The standard InChI is InChI=1S/C12H20N2OS/c1-9-8-16-12(13-9)7-14-6-4-3-5-11(14)10(2)15/h8,10-11,15H,3-7H2,1-2H3. The summed E-state index contributed by atoms with van der Waals surface area (Å²) in [6, 6.07) is 0.318. The molecule has 0 bridgehead atoms. The summed E-state index contributed by atoms with van der Waals surface area (Å²) in [5.74, 6) is 0. The van der Waals surface area contributed by atoms with Crippen LogP contribution in [-0.2, 0) is 6.54 Å². The maximum atomic E-state index is 9.77. The largest absolute Gasteiger partial charge is 0.392 e. The van der Waals surface area contributed by atoms with E-state index in [1.165, 1.54) is 17.8 Å². The Kier molecular flexibility index (Phi) is 3.95. The van der Waals surface area contributed by atoms with Crippen molar-refractivity contribution in [1.29, 1.82) is 0 Å². The Balaban J connectivity index is 2.01. The van der Waals surface area contributed by atoms with Crippen molar-refractivity contribution >= 4 is 11.3 Å². The third-order valence-electron chi connectivity index (χ3n) is 3.23. The summed E-state index contributed by atoms with van der Waals surface area (Å²) in [7, 11) is 0. The Morgan fingerprint density at radius 3 is 3.06 bits per heavy atom. The number of hydrogen-bond acceptors (Lipinski definition) is 4. The molecule has 1 aliphatic heterocycles. The van der Waals surface area contributed by atoms with Gasteiger partial charge in [0.15, 0.2) is 0 Å². The topological polar surface area (TPSA) is 36.4 Å². The second-order valence-electron chi connectivity index (χ2n) is 4.66. The summed E-state index contributed by atoms with van der Waals surface area (Å²) in [4.78, 5) is 6.88. The van der Waals surface area contributed by atoms with E-state index in [9.17, 15) is 5.11 Å². The fraction of sp³-hybridized carbons (Fsp3) is 0.750. The van der Waals surface area contributed by atoms with Crippen LogP contribution in [0.3, 0.4) is 0 Å². The lowest BCUT2D eigenvalue weighted by Gasteiger charge is -2.36. The van der Waals surface area contributed by atoms with Gasteiger partial charge in [-0.1, -0.05) is 6.42 Å². The third kappa shape index (κ3) is 2.81. The molecular formula is C12H20N2OS. The van der Waals surface area contributed by atoms with E-state index in [0.717, 1.165) is 25.2 Å². The van der Waals surface area contributed by atoms with Gasteiger partial charge in [-0.2, -0.15) is 0 Å². The zero-order valence-corrected chi connectivity index (χ0v) is 10.8. The highest BCUT2D eigenvalue weighted by Gasteiger charge is 2.26. The summed E-state index contributed by atoms with van der Waals surface area (Å²) in [6.07, 6.45) is 3.36. The minimum absolute atomic E-state index is 0.235. The molecule has 4 heteroatoms. The minimum atomic E-state index is -0.235. The van der Waals surface area contributed by atoms with Crippen LogP contribution in [0.25, 0.3) is 0 Å². The number of hydrogen-bond donors (Lipinski definition) is 1. The van der Waals surface area contributed by atoms with Crippen LogP contribution in [0, 0.1) is 6.92 Å². The van der Waals surface area contributed by atoms with Gasteiger partial charge in [0.05, 0.1) is 12.6 Å². The molecule has 0 saturated carbocycles. The average molecular weight is 240 g/mol. The minimum Gasteiger partial charge on any atom is -0.392 e. The van der Waals surface area contributed by atoms with E-state index in [2.05, 4.69) is 15.3 Å². The van der Waals surface area contributed by atoms with Gasteiger partial charge < -0.3 is 5.11 Å². The molecule has 0 aromatic carbocycles. The lowest BCUT2D eigenvalue weighted by molar-refractivity contribution is 0.0316. The number of nitrogens with zero attached hydrogens (tertiary/aromatic N) is 2. The molecule has 3 nitrogen and oxygen atoms in total. The molecule has 1 aromatic heterocycles. The third-order valence-corrected chi connectivity index (χ3v) is 4.18. The van der Waals surface area contributed by atoms with E-state index in [4.69, 9.17) is 0 Å². The Bertz CT molecular complexity index is 338. The molecule has 0 aliphatic carbocycles. The van der Waals surface area contributed by atoms with Crippen LogP contribution in [0.2, 0.25) is 0 Å². The molecule has 90 valence electrons. The number of aromatic nitrogens is 1. The number of rotatable bonds is 3. The molecule has 1 aromatic rings. The molecule has 0 spiro atoms. The highest BCUT2D eigenvalue weighted by atomic mass is 32.1. The van der Waals surface area contributed by atoms with Crippen molar-refractivity contribution < 1.29 is 5.11 Å². The molecule has 1 saturated heterocycles. The first kappa shape index (κ1) is 12.0. The van der Waals surface area contributed by atoms with Gasteiger partial charge in [-0.3, -0.25) is 4.90 Å². The Morgan fingerprint density at radius 2 is 2.44 bits per heavy atom. The molecule has 1 N–H and O–H groups in total. The van der Waals surface area contributed by atoms with E-state index >= 15 is 0 Å². The summed E-state index contributed by atoms with van der Waals surface area (Å²) >= 11 is 1.72. The zero-order chi connectivity index (χ0) is 11.5. The second-order valence-corrected chi connectivity index (χ2v) is 5.60. The van der Waals surface area contributed by atoms with E-state index in [-0.39, 0.29) is 6.10 Å². The Labute approximate surface area is 101 Å². The fourth-order valence-corrected chi connectivity index (χ4v) is 3.20. The fourth-order valence-electron chi connectivity index (χ4n) is 2.41. The molecule has 0 amide bonds. The first-order valence-corrected chi connectivity index (χ1v) is 6.88. The van der Waals surface area contributed by atoms with Crippen molar-refractivity contribution in [3.8, 4) is 0 Å². The van der Waals surface area contributed by atoms with Crippen LogP contribution in [-0.4, -0.2) is 33.7 Å². The van der Waals surface area contributed by atoms with E-state index in [1.807, 2.05) is 13.8 Å². The monoisotopic (exact) mass is 240 g/mol. The molecule has 2 rings (SSSR count). The summed E-state index contributed by atoms with van der Waals surface area (Å²) < 4.78 is 0. The van der Waals surface area contributed by atoms with Gasteiger partial charge in [0.2, 0.25) is 0 Å². The number of aliphatic hydroxyl groups excluding tert-OH is 1. The molecule has 16 heavy (non-hydrogen) atoms. The zero-order valence-electron chi connectivity index (χ0n) is 10.0. The van der Waals surface area contributed by atoms with Crippen LogP contribution in [0.15, 0.2) is 5.38 Å². The van der Waals surface area contributed by atoms with Crippen molar-refractivity contribution in [3.63, 3.8) is 0 Å². The maximum absolute atomic E-state index is 9.77. The van der Waals surface area contributed by atoms with E-state index in [1.54, 1.807) is 11.3 Å². The summed E-state index contributed by atoms with van der Waals surface area (Å²) in [5.41, 5.74) is 1.10.